The summed E-state index contributed by atoms with van der Waals surface area (Å²) in [5.74, 6) is -1.24. The van der Waals surface area contributed by atoms with Crippen LogP contribution >= 0.6 is 0 Å². The number of carbonyl (C=O) groups is 2. The van der Waals surface area contributed by atoms with Crippen LogP contribution in [0.3, 0.4) is 0 Å². The number of amides is 1. The molecule has 3 aromatic rings. The van der Waals surface area contributed by atoms with Gasteiger partial charge < -0.3 is 19.8 Å². The van der Waals surface area contributed by atoms with Crippen molar-refractivity contribution in [3.05, 3.63) is 95.3 Å². The summed E-state index contributed by atoms with van der Waals surface area (Å²) in [6, 6.07) is 15.8. The van der Waals surface area contributed by atoms with Crippen molar-refractivity contribution in [1.29, 1.82) is 0 Å². The fourth-order valence-corrected chi connectivity index (χ4v) is 3.88. The third-order valence-corrected chi connectivity index (χ3v) is 5.41. The van der Waals surface area contributed by atoms with Gasteiger partial charge in [0.2, 0.25) is 0 Å². The Bertz CT molecular complexity index is 1210. The zero-order valence-electron chi connectivity index (χ0n) is 18.1. The molecule has 1 aliphatic rings. The molecule has 1 aliphatic heterocycles. The number of ketones is 1. The first-order valence-corrected chi connectivity index (χ1v) is 10.7. The molecule has 1 aromatic heterocycles. The van der Waals surface area contributed by atoms with E-state index in [2.05, 4.69) is 4.98 Å². The van der Waals surface area contributed by atoms with E-state index >= 15 is 0 Å². The number of rotatable bonds is 7. The van der Waals surface area contributed by atoms with Crippen molar-refractivity contribution in [2.45, 2.75) is 25.9 Å². The lowest BCUT2D eigenvalue weighted by atomic mass is 9.95. The number of hydrogen-bond donors (Lipinski definition) is 2. The molecule has 1 atom stereocenters. The first kappa shape index (κ1) is 22.1. The predicted molar refractivity (Wildman–Crippen MR) is 122 cm³/mol. The van der Waals surface area contributed by atoms with Crippen molar-refractivity contribution < 1.29 is 24.5 Å². The highest BCUT2D eigenvalue weighted by molar-refractivity contribution is 6.46. The summed E-state index contributed by atoms with van der Waals surface area (Å²) in [6.45, 7) is 2.65. The van der Waals surface area contributed by atoms with E-state index in [1.807, 2.05) is 6.92 Å². The fraction of sp³-hybridized carbons (Fsp3) is 0.192. The lowest BCUT2D eigenvalue weighted by molar-refractivity contribution is -0.140. The van der Waals surface area contributed by atoms with E-state index in [4.69, 9.17) is 4.74 Å². The minimum Gasteiger partial charge on any atom is -0.508 e. The number of aliphatic hydroxyl groups excluding tert-OH is 1. The number of Topliss-reactive ketones (excluding diaryl/α,β-unsaturated/α-hetero) is 1. The second-order valence-electron chi connectivity index (χ2n) is 7.75. The minimum atomic E-state index is -0.870. The number of phenolic OH excluding ortho intramolecular Hbond substituents is 1. The van der Waals surface area contributed by atoms with Crippen LogP contribution in [0.4, 0.5) is 0 Å². The summed E-state index contributed by atoms with van der Waals surface area (Å²) >= 11 is 0. The monoisotopic (exact) mass is 444 g/mol. The topological polar surface area (TPSA) is 100.0 Å². The Kier molecular flexibility index (Phi) is 6.40. The summed E-state index contributed by atoms with van der Waals surface area (Å²) in [6.07, 6.45) is 4.04. The maximum atomic E-state index is 13.1. The van der Waals surface area contributed by atoms with Gasteiger partial charge in [0, 0.05) is 24.5 Å². The van der Waals surface area contributed by atoms with Crippen molar-refractivity contribution >= 4 is 17.4 Å². The van der Waals surface area contributed by atoms with Crippen molar-refractivity contribution in [2.75, 3.05) is 6.61 Å². The molecule has 1 unspecified atom stereocenters. The van der Waals surface area contributed by atoms with E-state index < -0.39 is 17.7 Å². The lowest BCUT2D eigenvalue weighted by Gasteiger charge is -2.25. The Morgan fingerprint density at radius 2 is 1.82 bits per heavy atom. The van der Waals surface area contributed by atoms with Gasteiger partial charge >= 0.3 is 0 Å². The van der Waals surface area contributed by atoms with Gasteiger partial charge in [-0.15, -0.1) is 0 Å². The van der Waals surface area contributed by atoms with Gasteiger partial charge in [0.25, 0.3) is 11.7 Å². The highest BCUT2D eigenvalue weighted by Gasteiger charge is 2.46. The number of benzene rings is 2. The summed E-state index contributed by atoms with van der Waals surface area (Å²) in [4.78, 5) is 31.6. The Morgan fingerprint density at radius 1 is 1.06 bits per heavy atom. The number of pyridine rings is 1. The third kappa shape index (κ3) is 4.57. The predicted octanol–water partition coefficient (Wildman–Crippen LogP) is 4.20. The molecule has 1 saturated heterocycles. The molecular formula is C26H24N2O5. The van der Waals surface area contributed by atoms with Crippen LogP contribution in [0.5, 0.6) is 11.5 Å². The SMILES string of the molecule is CCCOc1cccc(/C(O)=C2\C(=O)C(=O)N(Cc3ccncc3)C2c2cccc(O)c2)c1. The molecule has 0 saturated carbocycles. The summed E-state index contributed by atoms with van der Waals surface area (Å²) in [5.41, 5.74) is 1.64. The number of aromatic nitrogens is 1. The molecule has 1 fully saturated rings. The van der Waals surface area contributed by atoms with Crippen LogP contribution < -0.4 is 4.74 Å². The Hall–Kier alpha value is -4.13. The molecule has 2 heterocycles. The number of carbonyl (C=O) groups excluding carboxylic acids is 2. The zero-order valence-corrected chi connectivity index (χ0v) is 18.1. The number of aliphatic hydroxyl groups is 1. The van der Waals surface area contributed by atoms with Crippen LogP contribution in [-0.2, 0) is 16.1 Å². The number of hydrogen-bond acceptors (Lipinski definition) is 6. The summed E-state index contributed by atoms with van der Waals surface area (Å²) in [5, 5.41) is 21.2. The standard InChI is InChI=1S/C26H24N2O5/c1-2-13-33-21-8-4-6-19(15-21)24(30)22-23(18-5-3-7-20(29)14-18)28(26(32)25(22)31)16-17-9-11-27-12-10-17/h3-12,14-15,23,29-30H,2,13,16H2,1H3/b24-22+. The van der Waals surface area contributed by atoms with Crippen molar-refractivity contribution in [1.82, 2.24) is 9.88 Å². The first-order chi connectivity index (χ1) is 16.0. The third-order valence-electron chi connectivity index (χ3n) is 5.41. The van der Waals surface area contributed by atoms with E-state index in [1.165, 1.54) is 17.0 Å². The highest BCUT2D eigenvalue weighted by Crippen LogP contribution is 2.41. The van der Waals surface area contributed by atoms with Crippen LogP contribution in [0.15, 0.2) is 78.6 Å². The van der Waals surface area contributed by atoms with Gasteiger partial charge in [0.1, 0.15) is 17.3 Å². The molecule has 2 aromatic carbocycles. The van der Waals surface area contributed by atoms with Gasteiger partial charge in [-0.3, -0.25) is 14.6 Å². The highest BCUT2D eigenvalue weighted by atomic mass is 16.5. The van der Waals surface area contributed by atoms with Crippen molar-refractivity contribution in [3.8, 4) is 11.5 Å². The normalized spacial score (nSPS) is 17.4. The molecule has 2 N–H and O–H groups in total. The van der Waals surface area contributed by atoms with Crippen LogP contribution in [0.1, 0.15) is 36.1 Å². The summed E-state index contributed by atoms with van der Waals surface area (Å²) in [7, 11) is 0. The molecule has 7 heteroatoms. The summed E-state index contributed by atoms with van der Waals surface area (Å²) < 4.78 is 5.65. The van der Waals surface area contributed by atoms with E-state index in [0.29, 0.717) is 23.5 Å². The molecule has 33 heavy (non-hydrogen) atoms. The second kappa shape index (κ2) is 9.56. The molecule has 4 rings (SSSR count). The molecule has 0 radical (unpaired) electrons. The maximum absolute atomic E-state index is 13.1. The van der Waals surface area contributed by atoms with E-state index in [1.54, 1.807) is 60.9 Å². The van der Waals surface area contributed by atoms with Gasteiger partial charge in [-0.1, -0.05) is 31.2 Å². The van der Waals surface area contributed by atoms with Gasteiger partial charge in [-0.2, -0.15) is 0 Å². The maximum Gasteiger partial charge on any atom is 0.295 e. The van der Waals surface area contributed by atoms with E-state index in [0.717, 1.165) is 12.0 Å². The number of nitrogens with zero attached hydrogens (tertiary/aromatic N) is 2. The molecule has 0 aliphatic carbocycles. The molecule has 168 valence electrons. The number of aromatic hydroxyl groups is 1. The van der Waals surface area contributed by atoms with Crippen LogP contribution in [0.2, 0.25) is 0 Å². The molecule has 0 bridgehead atoms. The smallest absolute Gasteiger partial charge is 0.295 e. The molecule has 0 spiro atoms. The van der Waals surface area contributed by atoms with Gasteiger partial charge in [0.15, 0.2) is 0 Å². The Balaban J connectivity index is 1.83. The number of likely N-dealkylation sites (tertiary alicyclic amines) is 1. The average Bonchev–Trinajstić information content (AvgIpc) is 3.08. The molecule has 1 amide bonds. The van der Waals surface area contributed by atoms with Crippen LogP contribution in [-0.4, -0.2) is 38.4 Å². The van der Waals surface area contributed by atoms with Crippen LogP contribution in [0, 0.1) is 0 Å². The second-order valence-corrected chi connectivity index (χ2v) is 7.75. The fourth-order valence-electron chi connectivity index (χ4n) is 3.88. The molecular weight excluding hydrogens is 420 g/mol. The van der Waals surface area contributed by atoms with Crippen molar-refractivity contribution in [3.63, 3.8) is 0 Å². The minimum absolute atomic E-state index is 0.00281. The van der Waals surface area contributed by atoms with E-state index in [9.17, 15) is 19.8 Å². The quantitative estimate of drug-likeness (QED) is 0.322. The largest absolute Gasteiger partial charge is 0.508 e. The zero-order chi connectivity index (χ0) is 23.4. The van der Waals surface area contributed by atoms with Gasteiger partial charge in [-0.05, 0) is 53.9 Å². The van der Waals surface area contributed by atoms with Crippen molar-refractivity contribution in [2.24, 2.45) is 0 Å². The van der Waals surface area contributed by atoms with E-state index in [-0.39, 0.29) is 23.6 Å². The van der Waals surface area contributed by atoms with Gasteiger partial charge in [-0.25, -0.2) is 0 Å². The first-order valence-electron chi connectivity index (χ1n) is 10.7. The average molecular weight is 444 g/mol. The lowest BCUT2D eigenvalue weighted by Crippen LogP contribution is -2.29. The number of ether oxygens (including phenoxy) is 1. The Labute approximate surface area is 191 Å². The van der Waals surface area contributed by atoms with Crippen LogP contribution in [0.25, 0.3) is 5.76 Å². The Morgan fingerprint density at radius 3 is 2.55 bits per heavy atom. The number of phenols is 1. The molecule has 7 nitrogen and oxygen atoms in total. The van der Waals surface area contributed by atoms with Gasteiger partial charge in [0.05, 0.1) is 18.2 Å².